The van der Waals surface area contributed by atoms with E-state index < -0.39 is 5.54 Å². The average Bonchev–Trinajstić information content (AvgIpc) is 3.24. The molecule has 0 aromatic rings. The van der Waals surface area contributed by atoms with E-state index in [1.165, 1.54) is 0 Å². The molecule has 1 saturated carbocycles. The second-order valence-corrected chi connectivity index (χ2v) is 6.03. The van der Waals surface area contributed by atoms with Crippen molar-refractivity contribution in [3.05, 3.63) is 0 Å². The number of carbonyl (C=O) groups excluding carboxylic acids is 1. The lowest BCUT2D eigenvalue weighted by atomic mass is 9.98. The van der Waals surface area contributed by atoms with Crippen LogP contribution in [0.5, 0.6) is 0 Å². The molecule has 1 saturated heterocycles. The molecule has 0 radical (unpaired) electrons. The maximum Gasteiger partial charge on any atom is 0.235 e. The third kappa shape index (κ3) is 3.68. The third-order valence-corrected chi connectivity index (χ3v) is 4.35. The Balaban J connectivity index is 1.81. The standard InChI is InChI=1S/C14H24N4O/c1-14(10-15,11-3-4-11)17-13(19)9-18(2)12-5-7-16-8-6-12/h11-12,16H,3-9H2,1-2H3,(H,17,19). The van der Waals surface area contributed by atoms with Crippen molar-refractivity contribution >= 4 is 5.91 Å². The first-order valence-corrected chi connectivity index (χ1v) is 7.18. The Morgan fingerprint density at radius 1 is 1.42 bits per heavy atom. The smallest absolute Gasteiger partial charge is 0.235 e. The number of nitrogens with zero attached hydrogens (tertiary/aromatic N) is 2. The van der Waals surface area contributed by atoms with Gasteiger partial charge < -0.3 is 10.6 Å². The number of carbonyl (C=O) groups is 1. The van der Waals surface area contributed by atoms with Crippen molar-refractivity contribution in [3.63, 3.8) is 0 Å². The summed E-state index contributed by atoms with van der Waals surface area (Å²) in [5, 5.41) is 15.5. The maximum atomic E-state index is 12.1. The van der Waals surface area contributed by atoms with Crippen LogP contribution in [0.25, 0.3) is 0 Å². The Hall–Kier alpha value is -1.12. The van der Waals surface area contributed by atoms with Gasteiger partial charge in [0.05, 0.1) is 12.6 Å². The van der Waals surface area contributed by atoms with Gasteiger partial charge in [0.1, 0.15) is 5.54 Å². The van der Waals surface area contributed by atoms with Gasteiger partial charge in [-0.25, -0.2) is 0 Å². The number of nitriles is 1. The molecule has 19 heavy (non-hydrogen) atoms. The van der Waals surface area contributed by atoms with Crippen molar-refractivity contribution in [2.24, 2.45) is 5.92 Å². The minimum atomic E-state index is -0.675. The zero-order valence-electron chi connectivity index (χ0n) is 11.9. The van der Waals surface area contributed by atoms with Gasteiger partial charge in [-0.3, -0.25) is 9.69 Å². The van der Waals surface area contributed by atoms with Crippen LogP contribution in [0, 0.1) is 17.2 Å². The molecule has 1 heterocycles. The number of hydrogen-bond acceptors (Lipinski definition) is 4. The fourth-order valence-corrected chi connectivity index (χ4v) is 2.81. The lowest BCUT2D eigenvalue weighted by Gasteiger charge is -2.32. The molecule has 5 nitrogen and oxygen atoms in total. The summed E-state index contributed by atoms with van der Waals surface area (Å²) in [7, 11) is 2.00. The second kappa shape index (κ2) is 5.89. The van der Waals surface area contributed by atoms with Crippen LogP contribution >= 0.6 is 0 Å². The predicted octanol–water partition coefficient (Wildman–Crippen LogP) is 0.479. The first-order chi connectivity index (χ1) is 9.05. The predicted molar refractivity (Wildman–Crippen MR) is 73.4 cm³/mol. The van der Waals surface area contributed by atoms with Crippen molar-refractivity contribution in [2.75, 3.05) is 26.7 Å². The first-order valence-electron chi connectivity index (χ1n) is 7.18. The molecule has 1 aliphatic carbocycles. The minimum Gasteiger partial charge on any atom is -0.337 e. The molecule has 5 heteroatoms. The summed E-state index contributed by atoms with van der Waals surface area (Å²) in [6, 6.07) is 2.74. The Morgan fingerprint density at radius 3 is 2.58 bits per heavy atom. The van der Waals surface area contributed by atoms with Crippen LogP contribution < -0.4 is 10.6 Å². The van der Waals surface area contributed by atoms with E-state index in [1.54, 1.807) is 0 Å². The number of hydrogen-bond donors (Lipinski definition) is 2. The van der Waals surface area contributed by atoms with Crippen LogP contribution in [-0.2, 0) is 4.79 Å². The number of likely N-dealkylation sites (N-methyl/N-ethyl adjacent to an activating group) is 1. The molecule has 1 unspecified atom stereocenters. The van der Waals surface area contributed by atoms with Crippen LogP contribution in [-0.4, -0.2) is 49.1 Å². The fourth-order valence-electron chi connectivity index (χ4n) is 2.81. The van der Waals surface area contributed by atoms with Crippen LogP contribution in [0.2, 0.25) is 0 Å². The highest BCUT2D eigenvalue weighted by molar-refractivity contribution is 5.79. The molecular formula is C14H24N4O. The van der Waals surface area contributed by atoms with E-state index in [0.29, 0.717) is 18.5 Å². The SMILES string of the molecule is CN(CC(=O)NC(C)(C#N)C1CC1)C1CCNCC1. The molecule has 0 spiro atoms. The van der Waals surface area contributed by atoms with Crippen LogP contribution in [0.1, 0.15) is 32.6 Å². The van der Waals surface area contributed by atoms with Crippen molar-refractivity contribution in [1.29, 1.82) is 5.26 Å². The molecule has 106 valence electrons. The maximum absolute atomic E-state index is 12.1. The summed E-state index contributed by atoms with van der Waals surface area (Å²) in [5.41, 5.74) is -0.675. The van der Waals surface area contributed by atoms with Gasteiger partial charge in [-0.1, -0.05) is 0 Å². The molecule has 2 N–H and O–H groups in total. The van der Waals surface area contributed by atoms with Gasteiger partial charge in [0.25, 0.3) is 0 Å². The third-order valence-electron chi connectivity index (χ3n) is 4.35. The summed E-state index contributed by atoms with van der Waals surface area (Å²) in [4.78, 5) is 14.2. The van der Waals surface area contributed by atoms with Gasteiger partial charge >= 0.3 is 0 Å². The quantitative estimate of drug-likeness (QED) is 0.758. The molecule has 0 aromatic carbocycles. The Bertz CT molecular complexity index is 368. The van der Waals surface area contributed by atoms with E-state index in [9.17, 15) is 10.1 Å². The van der Waals surface area contributed by atoms with Crippen LogP contribution in [0.3, 0.4) is 0 Å². The highest BCUT2D eigenvalue weighted by Gasteiger charge is 2.43. The molecule has 0 bridgehead atoms. The normalized spacial score (nSPS) is 23.7. The summed E-state index contributed by atoms with van der Waals surface area (Å²) >= 11 is 0. The van der Waals surface area contributed by atoms with Crippen molar-refractivity contribution < 1.29 is 4.79 Å². The van der Waals surface area contributed by atoms with Gasteiger partial charge in [0.2, 0.25) is 5.91 Å². The number of piperidine rings is 1. The molecule has 1 amide bonds. The van der Waals surface area contributed by atoms with E-state index >= 15 is 0 Å². The van der Waals surface area contributed by atoms with Gasteiger partial charge in [-0.2, -0.15) is 5.26 Å². The molecular weight excluding hydrogens is 240 g/mol. The monoisotopic (exact) mass is 264 g/mol. The van der Waals surface area contributed by atoms with Gasteiger partial charge in [0, 0.05) is 6.04 Å². The Morgan fingerprint density at radius 2 is 2.05 bits per heavy atom. The van der Waals surface area contributed by atoms with Gasteiger partial charge in [-0.05, 0) is 58.7 Å². The van der Waals surface area contributed by atoms with E-state index in [2.05, 4.69) is 21.6 Å². The largest absolute Gasteiger partial charge is 0.337 e. The number of amides is 1. The Kier molecular flexibility index (Phi) is 4.43. The fraction of sp³-hybridized carbons (Fsp3) is 0.857. The summed E-state index contributed by atoms with van der Waals surface area (Å²) in [5.74, 6) is 0.308. The van der Waals surface area contributed by atoms with Gasteiger partial charge in [0.15, 0.2) is 0 Å². The van der Waals surface area contributed by atoms with Crippen molar-refractivity contribution in [3.8, 4) is 6.07 Å². The zero-order chi connectivity index (χ0) is 13.9. The molecule has 2 fully saturated rings. The van der Waals surface area contributed by atoms with Crippen molar-refractivity contribution in [2.45, 2.75) is 44.2 Å². The first kappa shape index (κ1) is 14.3. The second-order valence-electron chi connectivity index (χ2n) is 6.03. The molecule has 2 aliphatic rings. The van der Waals surface area contributed by atoms with Crippen LogP contribution in [0.15, 0.2) is 0 Å². The highest BCUT2D eigenvalue weighted by Crippen LogP contribution is 2.39. The lowest BCUT2D eigenvalue weighted by molar-refractivity contribution is -0.124. The number of nitrogens with one attached hydrogen (secondary N) is 2. The van der Waals surface area contributed by atoms with E-state index in [4.69, 9.17) is 0 Å². The van der Waals surface area contributed by atoms with E-state index in [0.717, 1.165) is 38.8 Å². The topological polar surface area (TPSA) is 68.2 Å². The average molecular weight is 264 g/mol. The molecule has 0 aromatic heterocycles. The summed E-state index contributed by atoms with van der Waals surface area (Å²) < 4.78 is 0. The lowest BCUT2D eigenvalue weighted by Crippen LogP contribution is -2.51. The minimum absolute atomic E-state index is 0.0306. The summed E-state index contributed by atoms with van der Waals surface area (Å²) in [6.07, 6.45) is 4.27. The summed E-state index contributed by atoms with van der Waals surface area (Å²) in [6.45, 7) is 4.27. The zero-order valence-corrected chi connectivity index (χ0v) is 11.9. The van der Waals surface area contributed by atoms with Gasteiger partial charge in [-0.15, -0.1) is 0 Å². The molecule has 1 aliphatic heterocycles. The van der Waals surface area contributed by atoms with Crippen LogP contribution in [0.4, 0.5) is 0 Å². The van der Waals surface area contributed by atoms with Crippen molar-refractivity contribution in [1.82, 2.24) is 15.5 Å². The highest BCUT2D eigenvalue weighted by atomic mass is 16.2. The van der Waals surface area contributed by atoms with E-state index in [-0.39, 0.29) is 5.91 Å². The molecule has 1 atom stereocenters. The number of rotatable bonds is 5. The molecule has 2 rings (SSSR count). The Labute approximate surface area is 115 Å². The van der Waals surface area contributed by atoms with E-state index in [1.807, 2.05) is 14.0 Å².